The summed E-state index contributed by atoms with van der Waals surface area (Å²) < 4.78 is 90.0. The quantitative estimate of drug-likeness (QED) is 0.700. The highest BCUT2D eigenvalue weighted by molar-refractivity contribution is 6.02. The molecule has 0 bridgehead atoms. The normalized spacial score (nSPS) is 21.7. The van der Waals surface area contributed by atoms with Crippen molar-refractivity contribution in [1.82, 2.24) is 4.98 Å². The SMILES string of the molecule is NC1=N[C@H](C(F)(F)F)C[C@@](CF)(c2cc(NC(=O)c3coc(CF)n3)ccc2F)O1. The summed E-state index contributed by atoms with van der Waals surface area (Å²) in [6.07, 6.45) is -5.05. The van der Waals surface area contributed by atoms with E-state index in [-0.39, 0.29) is 17.3 Å². The Hall–Kier alpha value is -3.25. The van der Waals surface area contributed by atoms with Crippen LogP contribution in [0.3, 0.4) is 0 Å². The Morgan fingerprint density at radius 1 is 1.33 bits per heavy atom. The first-order valence-electron chi connectivity index (χ1n) is 8.34. The van der Waals surface area contributed by atoms with Gasteiger partial charge in [-0.3, -0.25) is 4.79 Å². The number of alkyl halides is 5. The second-order valence-electron chi connectivity index (χ2n) is 6.37. The molecule has 0 fully saturated rings. The summed E-state index contributed by atoms with van der Waals surface area (Å²) in [5, 5.41) is 2.28. The Morgan fingerprint density at radius 3 is 2.67 bits per heavy atom. The molecule has 1 aromatic carbocycles. The molecule has 162 valence electrons. The Balaban J connectivity index is 1.93. The van der Waals surface area contributed by atoms with Crippen LogP contribution in [0.1, 0.15) is 28.4 Å². The predicted molar refractivity (Wildman–Crippen MR) is 90.5 cm³/mol. The van der Waals surface area contributed by atoms with Crippen molar-refractivity contribution in [2.24, 2.45) is 10.7 Å². The molecule has 0 aliphatic carbocycles. The third kappa shape index (κ3) is 4.19. The number of aliphatic imine (C=N–C) groups is 1. The molecule has 0 spiro atoms. The van der Waals surface area contributed by atoms with Gasteiger partial charge in [0, 0.05) is 17.7 Å². The molecule has 1 aliphatic rings. The van der Waals surface area contributed by atoms with Gasteiger partial charge in [0.05, 0.1) is 0 Å². The number of rotatable bonds is 5. The summed E-state index contributed by atoms with van der Waals surface area (Å²) >= 11 is 0. The maximum absolute atomic E-state index is 14.5. The maximum atomic E-state index is 14.5. The fourth-order valence-electron chi connectivity index (χ4n) is 2.91. The standard InChI is InChI=1S/C17H14F6N4O3/c18-5-13-26-11(6-29-13)14(28)25-8-1-2-10(20)9(3-8)16(7-19)4-12(17(21,22)23)27-15(24)30-16/h1-3,6,12H,4-5,7H2,(H2,24,27)(H,25,28)/t12-,16+/m0/s1. The lowest BCUT2D eigenvalue weighted by molar-refractivity contribution is -0.167. The number of hydrogen-bond acceptors (Lipinski definition) is 6. The number of amidine groups is 1. The molecule has 0 saturated heterocycles. The monoisotopic (exact) mass is 436 g/mol. The van der Waals surface area contributed by atoms with E-state index in [1.165, 1.54) is 0 Å². The first kappa shape index (κ1) is 21.5. The maximum Gasteiger partial charge on any atom is 0.411 e. The van der Waals surface area contributed by atoms with E-state index in [1.807, 2.05) is 0 Å². The van der Waals surface area contributed by atoms with Gasteiger partial charge in [-0.2, -0.15) is 13.2 Å². The number of halogens is 6. The number of carbonyl (C=O) groups excluding carboxylic acids is 1. The zero-order valence-electron chi connectivity index (χ0n) is 15.0. The molecule has 2 atom stereocenters. The Kier molecular flexibility index (Phi) is 5.63. The minimum Gasteiger partial charge on any atom is -0.451 e. The van der Waals surface area contributed by atoms with Crippen LogP contribution in [0.25, 0.3) is 0 Å². The summed E-state index contributed by atoms with van der Waals surface area (Å²) in [6, 6.07) is -0.549. The van der Waals surface area contributed by atoms with Crippen molar-refractivity contribution < 1.29 is 40.3 Å². The van der Waals surface area contributed by atoms with Gasteiger partial charge in [0.15, 0.2) is 24.0 Å². The Morgan fingerprint density at radius 2 is 2.07 bits per heavy atom. The van der Waals surface area contributed by atoms with E-state index < -0.39 is 60.9 Å². The summed E-state index contributed by atoms with van der Waals surface area (Å²) in [7, 11) is 0. The molecular formula is C17H14F6N4O3. The highest BCUT2D eigenvalue weighted by Gasteiger charge is 2.52. The fraction of sp³-hybridized carbons (Fsp3) is 0.353. The molecule has 2 heterocycles. The molecule has 30 heavy (non-hydrogen) atoms. The second kappa shape index (κ2) is 7.88. The van der Waals surface area contributed by atoms with E-state index in [0.29, 0.717) is 0 Å². The van der Waals surface area contributed by atoms with Crippen LogP contribution >= 0.6 is 0 Å². The van der Waals surface area contributed by atoms with Crippen LogP contribution in [0.15, 0.2) is 33.9 Å². The van der Waals surface area contributed by atoms with Gasteiger partial charge in [0.25, 0.3) is 11.9 Å². The van der Waals surface area contributed by atoms with Crippen molar-refractivity contribution in [3.63, 3.8) is 0 Å². The van der Waals surface area contributed by atoms with Crippen LogP contribution in [0.5, 0.6) is 0 Å². The van der Waals surface area contributed by atoms with Gasteiger partial charge >= 0.3 is 6.18 Å². The molecule has 0 radical (unpaired) electrons. The number of hydrogen-bond donors (Lipinski definition) is 2. The van der Waals surface area contributed by atoms with E-state index in [2.05, 4.69) is 19.7 Å². The number of oxazole rings is 1. The van der Waals surface area contributed by atoms with Crippen LogP contribution in [0.2, 0.25) is 0 Å². The fourth-order valence-corrected chi connectivity index (χ4v) is 2.91. The Labute approximate surface area is 164 Å². The summed E-state index contributed by atoms with van der Waals surface area (Å²) in [6.45, 7) is -2.60. The van der Waals surface area contributed by atoms with E-state index in [0.717, 1.165) is 24.5 Å². The number of nitrogens with one attached hydrogen (secondary N) is 1. The number of carbonyl (C=O) groups is 1. The molecule has 1 amide bonds. The molecule has 7 nitrogen and oxygen atoms in total. The second-order valence-corrected chi connectivity index (χ2v) is 6.37. The first-order valence-corrected chi connectivity index (χ1v) is 8.34. The van der Waals surface area contributed by atoms with Crippen molar-refractivity contribution in [2.75, 3.05) is 12.0 Å². The minimum atomic E-state index is -4.86. The lowest BCUT2D eigenvalue weighted by Gasteiger charge is -2.38. The lowest BCUT2D eigenvalue weighted by Crippen LogP contribution is -2.48. The Bertz CT molecular complexity index is 977. The van der Waals surface area contributed by atoms with Crippen LogP contribution in [0.4, 0.5) is 32.0 Å². The van der Waals surface area contributed by atoms with Gasteiger partial charge < -0.3 is 20.2 Å². The smallest absolute Gasteiger partial charge is 0.411 e. The number of ether oxygens (including phenoxy) is 1. The van der Waals surface area contributed by atoms with Crippen LogP contribution in [-0.2, 0) is 17.0 Å². The van der Waals surface area contributed by atoms with Crippen LogP contribution < -0.4 is 11.1 Å². The molecule has 3 N–H and O–H groups in total. The number of benzene rings is 1. The van der Waals surface area contributed by atoms with Gasteiger partial charge in [0.2, 0.25) is 5.89 Å². The molecule has 2 aromatic rings. The van der Waals surface area contributed by atoms with Crippen LogP contribution in [-0.4, -0.2) is 35.8 Å². The van der Waals surface area contributed by atoms with Crippen molar-refractivity contribution >= 4 is 17.6 Å². The topological polar surface area (TPSA) is 103 Å². The molecule has 0 unspecified atom stereocenters. The number of nitrogens with two attached hydrogens (primary N) is 1. The zero-order chi connectivity index (χ0) is 22.1. The van der Waals surface area contributed by atoms with Crippen molar-refractivity contribution in [3.8, 4) is 0 Å². The molecule has 0 saturated carbocycles. The summed E-state index contributed by atoms with van der Waals surface area (Å²) in [5.74, 6) is -2.30. The van der Waals surface area contributed by atoms with E-state index in [9.17, 15) is 31.1 Å². The molecule has 3 rings (SSSR count). The number of nitrogens with zero attached hydrogens (tertiary/aromatic N) is 2. The highest BCUT2D eigenvalue weighted by Crippen LogP contribution is 2.42. The highest BCUT2D eigenvalue weighted by atomic mass is 19.4. The van der Waals surface area contributed by atoms with Gasteiger partial charge in [-0.25, -0.2) is 23.1 Å². The first-order chi connectivity index (χ1) is 14.1. The predicted octanol–water partition coefficient (Wildman–Crippen LogP) is 3.37. The van der Waals surface area contributed by atoms with E-state index in [1.54, 1.807) is 0 Å². The van der Waals surface area contributed by atoms with Gasteiger partial charge in [-0.15, -0.1) is 0 Å². The molecule has 1 aliphatic heterocycles. The minimum absolute atomic E-state index is 0.109. The lowest BCUT2D eigenvalue weighted by atomic mass is 9.86. The third-order valence-electron chi connectivity index (χ3n) is 4.31. The summed E-state index contributed by atoms with van der Waals surface area (Å²) in [5.41, 5.74) is 1.88. The number of aromatic nitrogens is 1. The van der Waals surface area contributed by atoms with E-state index in [4.69, 9.17) is 10.5 Å². The van der Waals surface area contributed by atoms with Gasteiger partial charge in [0.1, 0.15) is 18.8 Å². The largest absolute Gasteiger partial charge is 0.451 e. The molecular weight excluding hydrogens is 422 g/mol. The van der Waals surface area contributed by atoms with Crippen molar-refractivity contribution in [3.05, 3.63) is 47.4 Å². The van der Waals surface area contributed by atoms with Gasteiger partial charge in [-0.1, -0.05) is 0 Å². The average molecular weight is 436 g/mol. The third-order valence-corrected chi connectivity index (χ3v) is 4.31. The van der Waals surface area contributed by atoms with Crippen LogP contribution in [0, 0.1) is 5.82 Å². The number of amides is 1. The molecule has 1 aromatic heterocycles. The van der Waals surface area contributed by atoms with Crippen molar-refractivity contribution in [2.45, 2.75) is 30.9 Å². The average Bonchev–Trinajstić information content (AvgIpc) is 3.17. The number of anilines is 1. The molecule has 13 heteroatoms. The summed E-state index contributed by atoms with van der Waals surface area (Å²) in [4.78, 5) is 18.8. The van der Waals surface area contributed by atoms with Gasteiger partial charge in [-0.05, 0) is 18.2 Å². The van der Waals surface area contributed by atoms with Crippen molar-refractivity contribution in [1.29, 1.82) is 0 Å². The zero-order valence-corrected chi connectivity index (χ0v) is 15.0. The van der Waals surface area contributed by atoms with E-state index >= 15 is 0 Å².